The molecule has 0 spiro atoms. The minimum Gasteiger partial charge on any atom is -0.481 e. The van der Waals surface area contributed by atoms with E-state index < -0.39 is 18.0 Å². The number of carbonyl (C=O) groups is 4. The lowest BCUT2D eigenvalue weighted by molar-refractivity contribution is -0.140. The third-order valence-electron chi connectivity index (χ3n) is 9.74. The van der Waals surface area contributed by atoms with E-state index in [4.69, 9.17) is 0 Å². The maximum Gasteiger partial charge on any atom is 0.326 e. The van der Waals surface area contributed by atoms with Crippen molar-refractivity contribution in [2.24, 2.45) is 11.8 Å². The minimum absolute atomic E-state index is 0.0298. The number of allylic oxidation sites excluding steroid dienone is 2. The second-order valence-electron chi connectivity index (χ2n) is 12.1. The van der Waals surface area contributed by atoms with Gasteiger partial charge in [-0.05, 0) is 61.8 Å². The lowest BCUT2D eigenvalue weighted by Gasteiger charge is -2.17. The number of H-pyrrole nitrogens is 2. The third kappa shape index (κ3) is 5.13. The van der Waals surface area contributed by atoms with Gasteiger partial charge in [-0.1, -0.05) is 26.5 Å². The van der Waals surface area contributed by atoms with Gasteiger partial charge in [-0.25, -0.2) is 4.79 Å². The molecule has 4 heterocycles. The Morgan fingerprint density at radius 1 is 1.02 bits per heavy atom. The molecule has 6 N–H and O–H groups in total. The number of Topliss-reactive ketones (excluding diaryl/α,β-unsaturated/α-hetero) is 1. The molecule has 2 aliphatic heterocycles. The first-order valence-corrected chi connectivity index (χ1v) is 14.9. The van der Waals surface area contributed by atoms with E-state index in [9.17, 15) is 29.4 Å². The molecule has 228 valence electrons. The fourth-order valence-electron chi connectivity index (χ4n) is 7.32. The molecule has 2 aromatic heterocycles. The fourth-order valence-corrected chi connectivity index (χ4v) is 7.32. The Hall–Kier alpha value is -4.34. The van der Waals surface area contributed by atoms with Crippen LogP contribution in [0.3, 0.4) is 0 Å². The van der Waals surface area contributed by atoms with E-state index in [2.05, 4.69) is 41.0 Å². The molecule has 1 saturated heterocycles. The predicted octanol–water partition coefficient (Wildman–Crippen LogP) is 4.13. The van der Waals surface area contributed by atoms with Gasteiger partial charge in [-0.3, -0.25) is 14.4 Å². The van der Waals surface area contributed by atoms with Crippen LogP contribution in [0.5, 0.6) is 0 Å². The zero-order valence-electron chi connectivity index (χ0n) is 25.4. The van der Waals surface area contributed by atoms with Gasteiger partial charge in [0.05, 0.1) is 11.7 Å². The summed E-state index contributed by atoms with van der Waals surface area (Å²) in [5, 5.41) is 25.3. The zero-order chi connectivity index (χ0) is 31.3. The summed E-state index contributed by atoms with van der Waals surface area (Å²) < 4.78 is 0. The van der Waals surface area contributed by atoms with E-state index in [1.165, 1.54) is 5.56 Å². The zero-order valence-corrected chi connectivity index (χ0v) is 25.4. The number of nitrogens with one attached hydrogen (secondary N) is 4. The number of ketones is 1. The van der Waals surface area contributed by atoms with E-state index in [0.29, 0.717) is 35.4 Å². The lowest BCUT2D eigenvalue weighted by atomic mass is 9.85. The number of fused-ring (bicyclic) bond motifs is 1. The van der Waals surface area contributed by atoms with Crippen molar-refractivity contribution in [3.8, 4) is 0 Å². The summed E-state index contributed by atoms with van der Waals surface area (Å²) in [6, 6.07) is -0.999. The maximum absolute atomic E-state index is 13.3. The lowest BCUT2D eigenvalue weighted by Crippen LogP contribution is -2.34. The Bertz CT molecular complexity index is 1620. The number of aliphatic carboxylic acids is 2. The van der Waals surface area contributed by atoms with Gasteiger partial charge >= 0.3 is 11.9 Å². The van der Waals surface area contributed by atoms with Crippen molar-refractivity contribution in [1.29, 1.82) is 0 Å². The summed E-state index contributed by atoms with van der Waals surface area (Å²) >= 11 is 0. The Morgan fingerprint density at radius 3 is 2.37 bits per heavy atom. The summed E-state index contributed by atoms with van der Waals surface area (Å²) in [5.41, 5.74) is 10.5. The monoisotopic (exact) mass is 588 g/mol. The number of aromatic nitrogens is 2. The highest BCUT2D eigenvalue weighted by Gasteiger charge is 2.44. The molecule has 0 saturated carbocycles. The van der Waals surface area contributed by atoms with Crippen molar-refractivity contribution in [3.63, 3.8) is 0 Å². The highest BCUT2D eigenvalue weighted by atomic mass is 16.4. The highest BCUT2D eigenvalue weighted by Crippen LogP contribution is 2.44. The Kier molecular flexibility index (Phi) is 7.98. The quantitative estimate of drug-likeness (QED) is 0.243. The first kappa shape index (κ1) is 30.1. The molecular weight excluding hydrogens is 548 g/mol. The molecule has 1 amide bonds. The largest absolute Gasteiger partial charge is 0.481 e. The van der Waals surface area contributed by atoms with Crippen molar-refractivity contribution in [2.75, 3.05) is 0 Å². The predicted molar refractivity (Wildman–Crippen MR) is 162 cm³/mol. The fraction of sp³-hybridized carbons (Fsp3) is 0.455. The molecular formula is C33H40N4O6. The van der Waals surface area contributed by atoms with Crippen molar-refractivity contribution >= 4 is 29.2 Å². The van der Waals surface area contributed by atoms with Crippen LogP contribution >= 0.6 is 0 Å². The number of carbonyl (C=O) groups excluding carboxylic acids is 2. The standard InChI is InChI=1S/C33H40N4O6/c1-7-18-14(3)22(12-25-19(8-2)16(5)32(41)36-25)34-24(18)13-23-17(6)28-26(38)11-21(31(28)35-23)30-20(9-10-27(39)40)15(4)29(37-30)33(42)43/h8,15,20,25,29,34-35,37H,2,7,9-13H2,1,3-6H3,(H,36,41)(H,39,40)(H,42,43). The van der Waals surface area contributed by atoms with Crippen LogP contribution in [0.2, 0.25) is 0 Å². The van der Waals surface area contributed by atoms with Crippen LogP contribution in [-0.4, -0.2) is 55.9 Å². The molecule has 2 aromatic rings. The van der Waals surface area contributed by atoms with Gasteiger partial charge in [0.15, 0.2) is 5.78 Å². The second kappa shape index (κ2) is 11.4. The second-order valence-corrected chi connectivity index (χ2v) is 12.1. The first-order chi connectivity index (χ1) is 20.4. The Morgan fingerprint density at radius 2 is 1.74 bits per heavy atom. The average molecular weight is 589 g/mol. The van der Waals surface area contributed by atoms with Gasteiger partial charge in [0.2, 0.25) is 5.91 Å². The van der Waals surface area contributed by atoms with Gasteiger partial charge in [-0.15, -0.1) is 0 Å². The minimum atomic E-state index is -0.996. The van der Waals surface area contributed by atoms with Crippen LogP contribution in [0.25, 0.3) is 5.57 Å². The molecule has 0 aromatic carbocycles. The van der Waals surface area contributed by atoms with Crippen LogP contribution in [0.4, 0.5) is 0 Å². The average Bonchev–Trinajstić information content (AvgIpc) is 3.69. The van der Waals surface area contributed by atoms with Gasteiger partial charge in [0.25, 0.3) is 0 Å². The van der Waals surface area contributed by atoms with Crippen LogP contribution < -0.4 is 10.6 Å². The van der Waals surface area contributed by atoms with Crippen LogP contribution in [0.1, 0.15) is 89.9 Å². The molecule has 4 unspecified atom stereocenters. The van der Waals surface area contributed by atoms with Crippen LogP contribution in [0, 0.1) is 25.7 Å². The smallest absolute Gasteiger partial charge is 0.326 e. The number of carboxylic acid groups (broad SMARTS) is 2. The summed E-state index contributed by atoms with van der Waals surface area (Å²) in [6.07, 6.45) is 4.07. The van der Waals surface area contributed by atoms with E-state index in [0.717, 1.165) is 45.8 Å². The third-order valence-corrected chi connectivity index (χ3v) is 9.74. The van der Waals surface area contributed by atoms with Gasteiger partial charge in [0.1, 0.15) is 6.04 Å². The molecule has 1 aliphatic carbocycles. The molecule has 3 aliphatic rings. The number of carboxylic acids is 2. The van der Waals surface area contributed by atoms with Crippen molar-refractivity contribution in [2.45, 2.75) is 85.2 Å². The number of rotatable bonds is 10. The van der Waals surface area contributed by atoms with E-state index in [1.54, 1.807) is 6.08 Å². The summed E-state index contributed by atoms with van der Waals surface area (Å²) in [6.45, 7) is 13.7. The molecule has 43 heavy (non-hydrogen) atoms. The van der Waals surface area contributed by atoms with Crippen LogP contribution in [-0.2, 0) is 33.6 Å². The Labute approximate surface area is 250 Å². The van der Waals surface area contributed by atoms with Crippen molar-refractivity contribution in [1.82, 2.24) is 20.6 Å². The van der Waals surface area contributed by atoms with Crippen molar-refractivity contribution in [3.05, 3.63) is 74.5 Å². The van der Waals surface area contributed by atoms with Crippen molar-refractivity contribution < 1.29 is 29.4 Å². The molecule has 1 fully saturated rings. The van der Waals surface area contributed by atoms with E-state index >= 15 is 0 Å². The number of amides is 1. The molecule has 4 atom stereocenters. The summed E-state index contributed by atoms with van der Waals surface area (Å²) in [7, 11) is 0. The first-order valence-electron chi connectivity index (χ1n) is 14.9. The topological polar surface area (TPSA) is 164 Å². The molecule has 10 heteroatoms. The van der Waals surface area contributed by atoms with E-state index in [-0.39, 0.29) is 48.8 Å². The van der Waals surface area contributed by atoms with Gasteiger partial charge in [0, 0.05) is 71.1 Å². The summed E-state index contributed by atoms with van der Waals surface area (Å²) in [4.78, 5) is 56.1. The number of hydrogen-bond donors (Lipinski definition) is 6. The Balaban J connectivity index is 1.49. The highest BCUT2D eigenvalue weighted by molar-refractivity contribution is 6.13. The normalized spacial score (nSPS) is 24.9. The molecule has 0 radical (unpaired) electrons. The van der Waals surface area contributed by atoms with Gasteiger partial charge in [-0.2, -0.15) is 0 Å². The number of aromatic amines is 2. The van der Waals surface area contributed by atoms with E-state index in [1.807, 2.05) is 20.8 Å². The maximum atomic E-state index is 13.3. The summed E-state index contributed by atoms with van der Waals surface area (Å²) in [5.74, 6) is -2.68. The number of hydrogen-bond acceptors (Lipinski definition) is 5. The van der Waals surface area contributed by atoms with Gasteiger partial charge < -0.3 is 30.8 Å². The van der Waals surface area contributed by atoms with Crippen LogP contribution in [0.15, 0.2) is 29.5 Å². The SMILES string of the molecule is C=CC1=C(C)C(=O)NC1Cc1[nH]c(Cc2[nH]c3c(c2C)C(=O)CC3=C2NC(C(=O)O)C(C)C2CCC(=O)O)c(CC)c1C. The molecule has 10 nitrogen and oxygen atoms in total. The molecule has 5 rings (SSSR count). The molecule has 0 bridgehead atoms.